The van der Waals surface area contributed by atoms with Crippen molar-refractivity contribution in [1.29, 1.82) is 0 Å². The van der Waals surface area contributed by atoms with Crippen LogP contribution in [0, 0.1) is 0 Å². The molecule has 0 radical (unpaired) electrons. The van der Waals surface area contributed by atoms with Crippen molar-refractivity contribution in [2.45, 2.75) is 32.3 Å². The van der Waals surface area contributed by atoms with Crippen molar-refractivity contribution in [2.24, 2.45) is 0 Å². The van der Waals surface area contributed by atoms with Gasteiger partial charge in [0.25, 0.3) is 0 Å². The van der Waals surface area contributed by atoms with Gasteiger partial charge in [-0.15, -0.1) is 22.9 Å². The fourth-order valence-corrected chi connectivity index (χ4v) is 2.05. The van der Waals surface area contributed by atoms with Gasteiger partial charge in [-0.25, -0.2) is 0 Å². The minimum atomic E-state index is 0.771. The first-order chi connectivity index (χ1) is 6.93. The molecule has 1 aromatic rings. The second-order valence-electron chi connectivity index (χ2n) is 3.24. The van der Waals surface area contributed by atoms with Crippen molar-refractivity contribution < 1.29 is 4.74 Å². The molecular weight excluding hydrogens is 216 g/mol. The summed E-state index contributed by atoms with van der Waals surface area (Å²) in [4.78, 5) is 1.31. The molecule has 1 aromatic heterocycles. The summed E-state index contributed by atoms with van der Waals surface area (Å²) < 4.78 is 5.54. The Kier molecular flexibility index (Phi) is 7.10. The molecule has 1 heterocycles. The lowest BCUT2D eigenvalue weighted by Crippen LogP contribution is -1.93. The van der Waals surface area contributed by atoms with Crippen molar-refractivity contribution in [3.63, 3.8) is 0 Å². The van der Waals surface area contributed by atoms with E-state index in [2.05, 4.69) is 17.5 Å². The quantitative estimate of drug-likeness (QED) is 0.485. The minimum absolute atomic E-state index is 0.771. The summed E-state index contributed by atoms with van der Waals surface area (Å²) in [5.74, 6) is 0.788. The molecule has 0 saturated carbocycles. The lowest BCUT2D eigenvalue weighted by Gasteiger charge is -2.01. The molecule has 0 bridgehead atoms. The summed E-state index contributed by atoms with van der Waals surface area (Å²) in [6.07, 6.45) is 4.75. The number of unbranched alkanes of at least 4 members (excludes halogenated alkanes) is 3. The molecule has 1 rings (SSSR count). The van der Waals surface area contributed by atoms with Crippen LogP contribution in [0.3, 0.4) is 0 Å². The van der Waals surface area contributed by atoms with Crippen LogP contribution in [0.5, 0.6) is 0 Å². The Bertz CT molecular complexity index is 211. The van der Waals surface area contributed by atoms with Crippen LogP contribution in [0.4, 0.5) is 0 Å². The van der Waals surface area contributed by atoms with Crippen molar-refractivity contribution in [3.8, 4) is 0 Å². The van der Waals surface area contributed by atoms with Crippen LogP contribution in [0.2, 0.25) is 0 Å². The molecule has 0 fully saturated rings. The van der Waals surface area contributed by atoms with Crippen LogP contribution < -0.4 is 0 Å². The molecule has 0 aliphatic heterocycles. The van der Waals surface area contributed by atoms with Crippen molar-refractivity contribution in [1.82, 2.24) is 0 Å². The third kappa shape index (κ3) is 5.63. The first-order valence-electron chi connectivity index (χ1n) is 5.09. The van der Waals surface area contributed by atoms with Gasteiger partial charge in [0.15, 0.2) is 0 Å². The molecule has 0 unspecified atom stereocenters. The van der Waals surface area contributed by atoms with Crippen LogP contribution in [0.15, 0.2) is 17.5 Å². The van der Waals surface area contributed by atoms with Gasteiger partial charge < -0.3 is 4.74 Å². The Hall–Kier alpha value is -0.0500. The minimum Gasteiger partial charge on any atom is -0.376 e. The van der Waals surface area contributed by atoms with E-state index in [0.717, 1.165) is 31.9 Å². The molecule has 1 nitrogen and oxygen atoms in total. The Morgan fingerprint density at radius 3 is 2.79 bits per heavy atom. The number of ether oxygens (including phenoxy) is 1. The number of hydrogen-bond donors (Lipinski definition) is 0. The van der Waals surface area contributed by atoms with Crippen LogP contribution >= 0.6 is 22.9 Å². The highest BCUT2D eigenvalue weighted by Crippen LogP contribution is 2.10. The van der Waals surface area contributed by atoms with Crippen LogP contribution in [0.25, 0.3) is 0 Å². The van der Waals surface area contributed by atoms with Crippen LogP contribution in [0.1, 0.15) is 30.6 Å². The Balaban J connectivity index is 1.85. The smallest absolute Gasteiger partial charge is 0.0809 e. The van der Waals surface area contributed by atoms with E-state index in [1.54, 1.807) is 11.3 Å². The van der Waals surface area contributed by atoms with E-state index in [-0.39, 0.29) is 0 Å². The van der Waals surface area contributed by atoms with E-state index in [1.807, 2.05) is 0 Å². The Labute approximate surface area is 95.0 Å². The molecule has 3 heteroatoms. The fourth-order valence-electron chi connectivity index (χ4n) is 1.22. The highest BCUT2D eigenvalue weighted by Gasteiger charge is 1.93. The van der Waals surface area contributed by atoms with Crippen molar-refractivity contribution in [2.75, 3.05) is 12.5 Å². The van der Waals surface area contributed by atoms with Gasteiger partial charge in [0.1, 0.15) is 0 Å². The number of rotatable bonds is 8. The second kappa shape index (κ2) is 8.27. The van der Waals surface area contributed by atoms with Crippen LogP contribution in [-0.4, -0.2) is 12.5 Å². The first-order valence-corrected chi connectivity index (χ1v) is 6.51. The van der Waals surface area contributed by atoms with Gasteiger partial charge in [-0.3, -0.25) is 0 Å². The highest BCUT2D eigenvalue weighted by atomic mass is 35.5. The second-order valence-corrected chi connectivity index (χ2v) is 4.65. The van der Waals surface area contributed by atoms with E-state index in [4.69, 9.17) is 16.3 Å². The van der Waals surface area contributed by atoms with Crippen molar-refractivity contribution in [3.05, 3.63) is 22.4 Å². The predicted octanol–water partition coefficient (Wildman–Crippen LogP) is 4.06. The molecule has 0 aromatic carbocycles. The molecule has 0 aliphatic carbocycles. The maximum absolute atomic E-state index is 5.58. The zero-order chi connectivity index (χ0) is 10.1. The largest absolute Gasteiger partial charge is 0.376 e. The van der Waals surface area contributed by atoms with Gasteiger partial charge in [0, 0.05) is 17.4 Å². The monoisotopic (exact) mass is 232 g/mol. The number of halogens is 1. The molecule has 0 amide bonds. The van der Waals surface area contributed by atoms with Crippen LogP contribution in [-0.2, 0) is 11.3 Å². The first kappa shape index (κ1) is 12.0. The fraction of sp³-hybridized carbons (Fsp3) is 0.636. The third-order valence-corrected chi connectivity index (χ3v) is 3.11. The summed E-state index contributed by atoms with van der Waals surface area (Å²) in [7, 11) is 0. The lowest BCUT2D eigenvalue weighted by atomic mass is 10.2. The molecule has 80 valence electrons. The van der Waals surface area contributed by atoms with Gasteiger partial charge in [-0.2, -0.15) is 0 Å². The van der Waals surface area contributed by atoms with E-state index < -0.39 is 0 Å². The summed E-state index contributed by atoms with van der Waals surface area (Å²) >= 11 is 7.33. The average Bonchev–Trinajstić information content (AvgIpc) is 2.69. The maximum Gasteiger partial charge on any atom is 0.0809 e. The van der Waals surface area contributed by atoms with Crippen molar-refractivity contribution >= 4 is 22.9 Å². The topological polar surface area (TPSA) is 9.23 Å². The highest BCUT2D eigenvalue weighted by molar-refractivity contribution is 7.09. The van der Waals surface area contributed by atoms with E-state index in [9.17, 15) is 0 Å². The third-order valence-electron chi connectivity index (χ3n) is 2.00. The molecule has 0 spiro atoms. The predicted molar refractivity (Wildman–Crippen MR) is 63.2 cm³/mol. The summed E-state index contributed by atoms with van der Waals surface area (Å²) in [6.45, 7) is 1.65. The Morgan fingerprint density at radius 2 is 2.07 bits per heavy atom. The SMILES string of the molecule is ClCCCCCCOCc1cccs1. The van der Waals surface area contributed by atoms with Gasteiger partial charge in [0.05, 0.1) is 6.61 Å². The lowest BCUT2D eigenvalue weighted by molar-refractivity contribution is 0.119. The van der Waals surface area contributed by atoms with Gasteiger partial charge in [-0.05, 0) is 24.3 Å². The number of hydrogen-bond acceptors (Lipinski definition) is 2. The zero-order valence-electron chi connectivity index (χ0n) is 8.38. The van der Waals surface area contributed by atoms with Gasteiger partial charge in [-0.1, -0.05) is 18.9 Å². The average molecular weight is 233 g/mol. The van der Waals surface area contributed by atoms with E-state index >= 15 is 0 Å². The normalized spacial score (nSPS) is 10.6. The molecule has 0 saturated heterocycles. The molecule has 14 heavy (non-hydrogen) atoms. The molecular formula is C11H17ClOS. The zero-order valence-corrected chi connectivity index (χ0v) is 9.95. The van der Waals surface area contributed by atoms with E-state index in [0.29, 0.717) is 0 Å². The van der Waals surface area contributed by atoms with Gasteiger partial charge >= 0.3 is 0 Å². The summed E-state index contributed by atoms with van der Waals surface area (Å²) in [5, 5.41) is 2.08. The molecule has 0 aliphatic rings. The molecule has 0 atom stereocenters. The standard InChI is InChI=1S/C11H17ClOS/c12-7-3-1-2-4-8-13-10-11-6-5-9-14-11/h5-6,9H,1-4,7-8,10H2. The molecule has 0 N–H and O–H groups in total. The summed E-state index contributed by atoms with van der Waals surface area (Å²) in [6, 6.07) is 4.17. The Morgan fingerprint density at radius 1 is 1.21 bits per heavy atom. The number of thiophene rings is 1. The summed E-state index contributed by atoms with van der Waals surface area (Å²) in [5.41, 5.74) is 0. The maximum atomic E-state index is 5.58. The van der Waals surface area contributed by atoms with E-state index in [1.165, 1.54) is 17.7 Å². The van der Waals surface area contributed by atoms with Gasteiger partial charge in [0.2, 0.25) is 0 Å². The number of alkyl halides is 1.